The normalized spacial score (nSPS) is 12.3. The van der Waals surface area contributed by atoms with Crippen LogP contribution in [0, 0.1) is 0 Å². The van der Waals surface area contributed by atoms with Crippen molar-refractivity contribution in [2.24, 2.45) is 0 Å². The summed E-state index contributed by atoms with van der Waals surface area (Å²) in [7, 11) is -1.16. The molecule has 0 saturated heterocycles. The van der Waals surface area contributed by atoms with Crippen LogP contribution < -0.4 is 5.73 Å². The first-order chi connectivity index (χ1) is 8.16. The summed E-state index contributed by atoms with van der Waals surface area (Å²) in [6.07, 6.45) is 3.10. The summed E-state index contributed by atoms with van der Waals surface area (Å²) in [5, 5.41) is 0.669. The van der Waals surface area contributed by atoms with Crippen LogP contribution in [0.25, 0.3) is 0 Å². The van der Waals surface area contributed by atoms with Gasteiger partial charge in [-0.3, -0.25) is 9.19 Å². The van der Waals surface area contributed by atoms with E-state index in [4.69, 9.17) is 17.3 Å². The third kappa shape index (κ3) is 3.05. The molecule has 0 aliphatic heterocycles. The fraction of sp³-hybridized carbons (Fsp3) is 0.0833. The van der Waals surface area contributed by atoms with E-state index in [1.54, 1.807) is 24.4 Å². The summed E-state index contributed by atoms with van der Waals surface area (Å²) in [6.45, 7) is 0. The molecule has 2 N–H and O–H groups in total. The smallest absolute Gasteiger partial charge is 0.0664 e. The molecule has 1 aromatic heterocycles. The van der Waals surface area contributed by atoms with Gasteiger partial charge in [0, 0.05) is 11.2 Å². The molecule has 2 aromatic rings. The first-order valence-electron chi connectivity index (χ1n) is 4.99. The molecule has 0 amide bonds. The molecule has 1 unspecified atom stereocenters. The maximum absolute atomic E-state index is 12.1. The van der Waals surface area contributed by atoms with Crippen LogP contribution in [0.2, 0.25) is 5.02 Å². The third-order valence-electron chi connectivity index (χ3n) is 2.27. The van der Waals surface area contributed by atoms with E-state index in [1.165, 1.54) is 6.20 Å². The minimum absolute atomic E-state index is 0.422. The Morgan fingerprint density at radius 3 is 2.59 bits per heavy atom. The molecule has 88 valence electrons. The molecule has 0 saturated carbocycles. The number of aromatic nitrogens is 1. The number of pyridine rings is 1. The summed E-state index contributed by atoms with van der Waals surface area (Å²) in [5.74, 6) is 0.422. The number of nitrogens with two attached hydrogens (primary N) is 1. The van der Waals surface area contributed by atoms with E-state index < -0.39 is 10.8 Å². The Balaban J connectivity index is 2.17. The minimum Gasteiger partial charge on any atom is -0.396 e. The maximum atomic E-state index is 12.1. The summed E-state index contributed by atoms with van der Waals surface area (Å²) < 4.78 is 12.1. The lowest BCUT2D eigenvalue weighted by atomic mass is 10.2. The van der Waals surface area contributed by atoms with Crippen molar-refractivity contribution in [2.45, 2.75) is 10.6 Å². The molecule has 1 heterocycles. The standard InChI is InChI=1S/C12H11ClN2OS/c13-10-3-1-9(2-4-10)8-17(16)12-5-6-15-7-11(12)14/h1-7H,8,14H2. The molecular weight excluding hydrogens is 256 g/mol. The Morgan fingerprint density at radius 2 is 1.94 bits per heavy atom. The molecule has 3 nitrogen and oxygen atoms in total. The van der Waals surface area contributed by atoms with Gasteiger partial charge in [0.1, 0.15) is 0 Å². The number of nitrogens with zero attached hydrogens (tertiary/aromatic N) is 1. The Morgan fingerprint density at radius 1 is 1.24 bits per heavy atom. The van der Waals surface area contributed by atoms with Crippen LogP contribution in [0.4, 0.5) is 5.69 Å². The van der Waals surface area contributed by atoms with Crippen molar-refractivity contribution >= 4 is 28.1 Å². The van der Waals surface area contributed by atoms with Gasteiger partial charge in [0.25, 0.3) is 0 Å². The van der Waals surface area contributed by atoms with E-state index in [1.807, 2.05) is 12.1 Å². The fourth-order valence-electron chi connectivity index (χ4n) is 1.41. The van der Waals surface area contributed by atoms with Crippen LogP contribution in [0.15, 0.2) is 47.6 Å². The van der Waals surface area contributed by atoms with Crippen LogP contribution in [0.3, 0.4) is 0 Å². The van der Waals surface area contributed by atoms with E-state index in [-0.39, 0.29) is 0 Å². The highest BCUT2D eigenvalue weighted by molar-refractivity contribution is 7.84. The lowest BCUT2D eigenvalue weighted by molar-refractivity contribution is 0.683. The van der Waals surface area contributed by atoms with Gasteiger partial charge in [-0.05, 0) is 23.8 Å². The zero-order chi connectivity index (χ0) is 12.3. The lowest BCUT2D eigenvalue weighted by Crippen LogP contribution is -2.01. The molecular formula is C12H11ClN2OS. The van der Waals surface area contributed by atoms with E-state index in [0.717, 1.165) is 5.56 Å². The van der Waals surface area contributed by atoms with Gasteiger partial charge >= 0.3 is 0 Å². The molecule has 0 fully saturated rings. The van der Waals surface area contributed by atoms with Crippen molar-refractivity contribution in [3.05, 3.63) is 53.3 Å². The second kappa shape index (κ2) is 5.29. The van der Waals surface area contributed by atoms with Gasteiger partial charge in [-0.2, -0.15) is 0 Å². The molecule has 0 spiro atoms. The topological polar surface area (TPSA) is 56.0 Å². The molecule has 2 rings (SSSR count). The molecule has 1 atom stereocenters. The summed E-state index contributed by atoms with van der Waals surface area (Å²) in [6, 6.07) is 8.96. The zero-order valence-corrected chi connectivity index (χ0v) is 10.5. The van der Waals surface area contributed by atoms with Crippen molar-refractivity contribution in [1.82, 2.24) is 4.98 Å². The molecule has 17 heavy (non-hydrogen) atoms. The van der Waals surface area contributed by atoms with Crippen LogP contribution in [0.5, 0.6) is 0 Å². The molecule has 0 aliphatic rings. The van der Waals surface area contributed by atoms with Crippen molar-refractivity contribution in [3.8, 4) is 0 Å². The van der Waals surface area contributed by atoms with Gasteiger partial charge in [-0.1, -0.05) is 23.7 Å². The number of rotatable bonds is 3. The average molecular weight is 267 g/mol. The van der Waals surface area contributed by atoms with E-state index in [0.29, 0.717) is 21.4 Å². The van der Waals surface area contributed by atoms with Crippen LogP contribution in [0.1, 0.15) is 5.56 Å². The summed E-state index contributed by atoms with van der Waals surface area (Å²) >= 11 is 5.79. The van der Waals surface area contributed by atoms with Crippen molar-refractivity contribution < 1.29 is 4.21 Å². The Hall–Kier alpha value is -1.39. The number of anilines is 1. The highest BCUT2D eigenvalue weighted by atomic mass is 35.5. The molecule has 5 heteroatoms. The largest absolute Gasteiger partial charge is 0.396 e. The van der Waals surface area contributed by atoms with E-state index in [9.17, 15) is 4.21 Å². The molecule has 0 bridgehead atoms. The Kier molecular flexibility index (Phi) is 3.76. The molecule has 0 aliphatic carbocycles. The summed E-state index contributed by atoms with van der Waals surface area (Å²) in [4.78, 5) is 4.49. The number of benzene rings is 1. The Bertz CT molecular complexity index is 542. The van der Waals surface area contributed by atoms with Gasteiger partial charge in [0.15, 0.2) is 0 Å². The number of hydrogen-bond donors (Lipinski definition) is 1. The van der Waals surface area contributed by atoms with Gasteiger partial charge < -0.3 is 5.73 Å². The Labute approximate surface area is 107 Å². The lowest BCUT2D eigenvalue weighted by Gasteiger charge is -2.05. The van der Waals surface area contributed by atoms with Crippen molar-refractivity contribution in [1.29, 1.82) is 0 Å². The van der Waals surface area contributed by atoms with Gasteiger partial charge in [-0.25, -0.2) is 0 Å². The fourth-order valence-corrected chi connectivity index (χ4v) is 2.72. The minimum atomic E-state index is -1.16. The first kappa shape index (κ1) is 12.1. The van der Waals surface area contributed by atoms with Crippen molar-refractivity contribution in [3.63, 3.8) is 0 Å². The number of nitrogen functional groups attached to an aromatic ring is 1. The molecule has 0 radical (unpaired) electrons. The number of hydrogen-bond acceptors (Lipinski definition) is 3. The highest BCUT2D eigenvalue weighted by Crippen LogP contribution is 2.18. The van der Waals surface area contributed by atoms with Gasteiger partial charge in [0.05, 0.1) is 33.3 Å². The SMILES string of the molecule is Nc1cnccc1S(=O)Cc1ccc(Cl)cc1. The zero-order valence-electron chi connectivity index (χ0n) is 8.97. The van der Waals surface area contributed by atoms with Crippen LogP contribution in [-0.2, 0) is 16.6 Å². The first-order valence-corrected chi connectivity index (χ1v) is 6.69. The van der Waals surface area contributed by atoms with Crippen LogP contribution in [-0.4, -0.2) is 9.19 Å². The van der Waals surface area contributed by atoms with Gasteiger partial charge in [-0.15, -0.1) is 0 Å². The summed E-state index contributed by atoms with van der Waals surface area (Å²) in [5.41, 5.74) is 7.14. The predicted molar refractivity (Wildman–Crippen MR) is 70.2 cm³/mol. The number of halogens is 1. The highest BCUT2D eigenvalue weighted by Gasteiger charge is 2.08. The quantitative estimate of drug-likeness (QED) is 0.929. The van der Waals surface area contributed by atoms with Crippen LogP contribution >= 0.6 is 11.6 Å². The predicted octanol–water partition coefficient (Wildman–Crippen LogP) is 2.63. The third-order valence-corrected chi connectivity index (χ3v) is 3.98. The average Bonchev–Trinajstić information content (AvgIpc) is 2.32. The monoisotopic (exact) mass is 266 g/mol. The molecule has 1 aromatic carbocycles. The van der Waals surface area contributed by atoms with Gasteiger partial charge in [0.2, 0.25) is 0 Å². The second-order valence-corrected chi connectivity index (χ2v) is 5.39. The maximum Gasteiger partial charge on any atom is 0.0664 e. The van der Waals surface area contributed by atoms with E-state index >= 15 is 0 Å². The van der Waals surface area contributed by atoms with Crippen molar-refractivity contribution in [2.75, 3.05) is 5.73 Å². The van der Waals surface area contributed by atoms with E-state index in [2.05, 4.69) is 4.98 Å². The second-order valence-electron chi connectivity index (χ2n) is 3.53.